The highest BCUT2D eigenvalue weighted by molar-refractivity contribution is 6.12. The minimum Gasteiger partial charge on any atom is -0.480 e. The van der Waals surface area contributed by atoms with E-state index < -0.39 is 12.0 Å². The Balaban J connectivity index is 3.03. The van der Waals surface area contributed by atoms with E-state index in [0.29, 0.717) is 12.1 Å². The number of carbonyl (C=O) groups is 1. The number of rotatable bonds is 9. The number of carboxylic acid groups (broad SMARTS) is 1. The number of aliphatic imine (C=N–C) groups is 1. The van der Waals surface area contributed by atoms with Crippen LogP contribution in [0.4, 0.5) is 0 Å². The molecule has 5 heteroatoms. The number of likely N-dealkylation sites (N-methyl/N-ethyl adjacent to an activating group) is 2. The smallest absolute Gasteiger partial charge is 0.328 e. The topological polar surface area (TPSA) is 56.1 Å². The van der Waals surface area contributed by atoms with E-state index in [2.05, 4.69) is 42.5 Å². The lowest BCUT2D eigenvalue weighted by molar-refractivity contribution is -0.139. The Morgan fingerprint density at radius 2 is 1.43 bits per heavy atom. The molecule has 0 saturated heterocycles. The van der Waals surface area contributed by atoms with Crippen molar-refractivity contribution >= 4 is 11.7 Å². The van der Waals surface area contributed by atoms with Gasteiger partial charge in [-0.1, -0.05) is 41.5 Å². The molecule has 0 aromatic heterocycles. The fourth-order valence-electron chi connectivity index (χ4n) is 3.03. The summed E-state index contributed by atoms with van der Waals surface area (Å²) in [5, 5.41) is 9.36. The SMILES string of the molecule is CCN(CC)C1C(=N[C@H](C(=O)O)C(C)C)C1N(CC)CC. The van der Waals surface area contributed by atoms with Gasteiger partial charge in [-0.15, -0.1) is 0 Å². The van der Waals surface area contributed by atoms with Crippen LogP contribution in [0.5, 0.6) is 0 Å². The molecule has 0 heterocycles. The third-order valence-corrected chi connectivity index (χ3v) is 4.38. The molecular formula is C16H31N3O2. The molecule has 1 aliphatic rings. The molecule has 0 aromatic carbocycles. The van der Waals surface area contributed by atoms with Gasteiger partial charge in [0.1, 0.15) is 6.04 Å². The monoisotopic (exact) mass is 297 g/mol. The number of aliphatic carboxylic acids is 1. The van der Waals surface area contributed by atoms with Crippen molar-refractivity contribution in [2.75, 3.05) is 26.2 Å². The zero-order valence-corrected chi connectivity index (χ0v) is 14.3. The lowest BCUT2D eigenvalue weighted by Crippen LogP contribution is -2.34. The van der Waals surface area contributed by atoms with E-state index in [9.17, 15) is 9.90 Å². The van der Waals surface area contributed by atoms with Crippen LogP contribution >= 0.6 is 0 Å². The maximum Gasteiger partial charge on any atom is 0.328 e. The lowest BCUT2D eigenvalue weighted by Gasteiger charge is -2.21. The summed E-state index contributed by atoms with van der Waals surface area (Å²) < 4.78 is 0. The van der Waals surface area contributed by atoms with Gasteiger partial charge in [0.2, 0.25) is 0 Å². The van der Waals surface area contributed by atoms with Gasteiger partial charge < -0.3 is 5.11 Å². The molecule has 1 saturated carbocycles. The van der Waals surface area contributed by atoms with Gasteiger partial charge in [-0.25, -0.2) is 4.79 Å². The third-order valence-electron chi connectivity index (χ3n) is 4.38. The van der Waals surface area contributed by atoms with Crippen LogP contribution in [0, 0.1) is 5.92 Å². The Hall–Kier alpha value is -0.940. The van der Waals surface area contributed by atoms with Gasteiger partial charge in [0.25, 0.3) is 0 Å². The van der Waals surface area contributed by atoms with Crippen LogP contribution < -0.4 is 0 Å². The lowest BCUT2D eigenvalue weighted by atomic mass is 10.1. The first kappa shape index (κ1) is 18.1. The summed E-state index contributed by atoms with van der Waals surface area (Å²) in [6.45, 7) is 16.3. The maximum atomic E-state index is 11.4. The normalized spacial score (nSPS) is 23.0. The first-order valence-corrected chi connectivity index (χ1v) is 8.21. The van der Waals surface area contributed by atoms with Crippen LogP contribution in [0.1, 0.15) is 41.5 Å². The standard InChI is InChI=1S/C16H31N3O2/c1-7-18(8-2)14-13(15(14)19(9-3)10-4)17-12(11(5)6)16(20)21/h11-12,14-15H,7-10H2,1-6H3,(H,20,21)/t12-,14?,15?/m0/s1. The van der Waals surface area contributed by atoms with Gasteiger partial charge in [0, 0.05) is 0 Å². The average Bonchev–Trinajstić information content (AvgIpc) is 3.12. The van der Waals surface area contributed by atoms with Gasteiger partial charge >= 0.3 is 5.97 Å². The minimum absolute atomic E-state index is 0.0188. The summed E-state index contributed by atoms with van der Waals surface area (Å²) in [5.41, 5.74) is 1.06. The molecule has 0 amide bonds. The van der Waals surface area contributed by atoms with Crippen molar-refractivity contribution < 1.29 is 9.90 Å². The van der Waals surface area contributed by atoms with Gasteiger partial charge in [0.15, 0.2) is 0 Å². The molecule has 0 spiro atoms. The molecule has 5 nitrogen and oxygen atoms in total. The first-order valence-electron chi connectivity index (χ1n) is 8.21. The molecule has 2 unspecified atom stereocenters. The maximum absolute atomic E-state index is 11.4. The zero-order valence-electron chi connectivity index (χ0n) is 14.3. The van der Waals surface area contributed by atoms with Crippen molar-refractivity contribution in [1.29, 1.82) is 0 Å². The quantitative estimate of drug-likeness (QED) is 0.707. The highest BCUT2D eigenvalue weighted by Gasteiger charge is 2.52. The highest BCUT2D eigenvalue weighted by atomic mass is 16.4. The van der Waals surface area contributed by atoms with E-state index in [1.807, 2.05) is 13.8 Å². The average molecular weight is 297 g/mol. The molecule has 3 atom stereocenters. The fourth-order valence-corrected chi connectivity index (χ4v) is 3.03. The Morgan fingerprint density at radius 1 is 1.05 bits per heavy atom. The predicted octanol–water partition coefficient (Wildman–Crippen LogP) is 1.97. The molecule has 0 aliphatic heterocycles. The van der Waals surface area contributed by atoms with Crippen LogP contribution in [0.3, 0.4) is 0 Å². The van der Waals surface area contributed by atoms with Crippen LogP contribution in [0.2, 0.25) is 0 Å². The molecule has 21 heavy (non-hydrogen) atoms. The van der Waals surface area contributed by atoms with Crippen molar-refractivity contribution in [2.45, 2.75) is 59.7 Å². The highest BCUT2D eigenvalue weighted by Crippen LogP contribution is 2.32. The molecule has 0 bridgehead atoms. The molecule has 1 fully saturated rings. The van der Waals surface area contributed by atoms with Crippen molar-refractivity contribution in [2.24, 2.45) is 10.9 Å². The molecule has 122 valence electrons. The van der Waals surface area contributed by atoms with Crippen molar-refractivity contribution in [1.82, 2.24) is 9.80 Å². The molecule has 0 aromatic rings. The second kappa shape index (κ2) is 7.90. The van der Waals surface area contributed by atoms with Crippen LogP contribution in [0.25, 0.3) is 0 Å². The Bertz CT molecular complexity index is 354. The Kier molecular flexibility index (Phi) is 6.81. The summed E-state index contributed by atoms with van der Waals surface area (Å²) in [6.07, 6.45) is 0. The second-order valence-electron chi connectivity index (χ2n) is 5.91. The Morgan fingerprint density at radius 3 is 1.67 bits per heavy atom. The number of hydrogen-bond donors (Lipinski definition) is 1. The number of nitrogens with zero attached hydrogens (tertiary/aromatic N) is 3. The van der Waals surface area contributed by atoms with Gasteiger partial charge in [0.05, 0.1) is 17.8 Å². The molecule has 1 aliphatic carbocycles. The molecular weight excluding hydrogens is 266 g/mol. The fraction of sp³-hybridized carbons (Fsp3) is 0.875. The summed E-state index contributed by atoms with van der Waals surface area (Å²) in [6, 6.07) is -0.0420. The van der Waals surface area contributed by atoms with Gasteiger partial charge in [-0.05, 0) is 32.1 Å². The van der Waals surface area contributed by atoms with Crippen LogP contribution in [-0.2, 0) is 4.79 Å². The summed E-state index contributed by atoms with van der Waals surface area (Å²) in [4.78, 5) is 20.8. The van der Waals surface area contributed by atoms with Gasteiger partial charge in [-0.3, -0.25) is 14.8 Å². The van der Waals surface area contributed by atoms with Crippen molar-refractivity contribution in [3.05, 3.63) is 0 Å². The van der Waals surface area contributed by atoms with Crippen molar-refractivity contribution in [3.63, 3.8) is 0 Å². The molecule has 1 N–H and O–H groups in total. The second-order valence-corrected chi connectivity index (χ2v) is 5.91. The van der Waals surface area contributed by atoms with E-state index in [1.165, 1.54) is 0 Å². The largest absolute Gasteiger partial charge is 0.480 e. The molecule has 0 radical (unpaired) electrons. The van der Waals surface area contributed by atoms with Gasteiger partial charge in [-0.2, -0.15) is 0 Å². The van der Waals surface area contributed by atoms with Crippen molar-refractivity contribution in [3.8, 4) is 0 Å². The van der Waals surface area contributed by atoms with E-state index >= 15 is 0 Å². The minimum atomic E-state index is -0.819. The van der Waals surface area contributed by atoms with E-state index in [1.54, 1.807) is 0 Å². The Labute approximate surface area is 129 Å². The zero-order chi connectivity index (χ0) is 16.2. The van der Waals surface area contributed by atoms with E-state index in [-0.39, 0.29) is 5.92 Å². The number of carboxylic acids is 1. The van der Waals surface area contributed by atoms with E-state index in [0.717, 1.165) is 31.9 Å². The summed E-state index contributed by atoms with van der Waals surface area (Å²) >= 11 is 0. The summed E-state index contributed by atoms with van der Waals surface area (Å²) in [7, 11) is 0. The molecule has 1 rings (SSSR count). The summed E-state index contributed by atoms with van der Waals surface area (Å²) in [5.74, 6) is -0.800. The van der Waals surface area contributed by atoms with E-state index in [4.69, 9.17) is 0 Å². The predicted molar refractivity (Wildman–Crippen MR) is 87.1 cm³/mol. The number of hydrogen-bond acceptors (Lipinski definition) is 4. The third kappa shape index (κ3) is 4.04. The van der Waals surface area contributed by atoms with Crippen LogP contribution in [-0.4, -0.2) is 70.9 Å². The first-order chi connectivity index (χ1) is 9.92. The van der Waals surface area contributed by atoms with Crippen LogP contribution in [0.15, 0.2) is 4.99 Å².